The smallest absolute Gasteiger partial charge is 0.272 e. The van der Waals surface area contributed by atoms with Gasteiger partial charge in [-0.05, 0) is 105 Å². The number of ketones is 1. The van der Waals surface area contributed by atoms with Gasteiger partial charge in [0.1, 0.15) is 11.5 Å². The van der Waals surface area contributed by atoms with Crippen LogP contribution in [0.2, 0.25) is 0 Å². The van der Waals surface area contributed by atoms with Gasteiger partial charge in [0.25, 0.3) is 5.91 Å². The average molecular weight is 676 g/mol. The fourth-order valence-corrected chi connectivity index (χ4v) is 7.62. The van der Waals surface area contributed by atoms with Gasteiger partial charge in [0.15, 0.2) is 17.3 Å². The standard InChI is InChI=1S/C40H42FN5O4/c1-49-35-15-12-30(25-36(35)50-2)40(19-24-45(27-40)39(48)33-8-5-6-20-42-33)18-23-44-21-16-29(17-22-44)37(47)38-43-32-7-3-4-9-34(32)46(38)26-28-10-13-31(41)14-11-28/h3-15,20,25,29H,16-19,21-24,26-27H2,1-2H3. The fourth-order valence-electron chi connectivity index (χ4n) is 7.62. The summed E-state index contributed by atoms with van der Waals surface area (Å²) in [5, 5.41) is 0. The van der Waals surface area contributed by atoms with E-state index in [1.165, 1.54) is 12.1 Å². The van der Waals surface area contributed by atoms with Crippen LogP contribution in [0.5, 0.6) is 11.5 Å². The SMILES string of the molecule is COc1ccc(C2(CCN3CCC(C(=O)c4nc5ccccc5n4Cc4ccc(F)cc4)CC3)CCN(C(=O)c3ccccn3)C2)cc1OC. The molecule has 0 aliphatic carbocycles. The Balaban J connectivity index is 1.06. The summed E-state index contributed by atoms with van der Waals surface area (Å²) >= 11 is 0. The highest BCUT2D eigenvalue weighted by Crippen LogP contribution is 2.42. The number of para-hydroxylation sites is 2. The number of pyridine rings is 1. The summed E-state index contributed by atoms with van der Waals surface area (Å²) in [6.45, 7) is 4.10. The topological polar surface area (TPSA) is 89.8 Å². The molecule has 50 heavy (non-hydrogen) atoms. The van der Waals surface area contributed by atoms with Gasteiger partial charge in [0.2, 0.25) is 5.78 Å². The quantitative estimate of drug-likeness (QED) is 0.150. The third-order valence-electron chi connectivity index (χ3n) is 10.5. The molecule has 2 saturated heterocycles. The van der Waals surface area contributed by atoms with Gasteiger partial charge in [0.05, 0.1) is 25.3 Å². The second-order valence-corrected chi connectivity index (χ2v) is 13.4. The first-order valence-electron chi connectivity index (χ1n) is 17.3. The Hall–Kier alpha value is -5.09. The molecule has 1 amide bonds. The number of hydrogen-bond donors (Lipinski definition) is 0. The lowest BCUT2D eigenvalue weighted by molar-refractivity contribution is 0.0773. The molecule has 0 bridgehead atoms. The summed E-state index contributed by atoms with van der Waals surface area (Å²) < 4.78 is 26.8. The number of ether oxygens (including phenoxy) is 2. The van der Waals surface area contributed by atoms with Crippen LogP contribution >= 0.6 is 0 Å². The van der Waals surface area contributed by atoms with Gasteiger partial charge >= 0.3 is 0 Å². The van der Waals surface area contributed by atoms with Crippen LogP contribution in [0, 0.1) is 11.7 Å². The predicted octanol–water partition coefficient (Wildman–Crippen LogP) is 6.40. The Morgan fingerprint density at radius 1 is 0.900 bits per heavy atom. The van der Waals surface area contributed by atoms with Crippen molar-refractivity contribution in [1.29, 1.82) is 0 Å². The van der Waals surface area contributed by atoms with Crippen LogP contribution in [0.3, 0.4) is 0 Å². The van der Waals surface area contributed by atoms with Gasteiger partial charge in [0, 0.05) is 37.2 Å². The molecule has 3 aromatic carbocycles. The second-order valence-electron chi connectivity index (χ2n) is 13.4. The van der Waals surface area contributed by atoms with Crippen molar-refractivity contribution >= 4 is 22.7 Å². The molecule has 7 rings (SSSR count). The number of nitrogens with zero attached hydrogens (tertiary/aromatic N) is 5. The number of amides is 1. The number of fused-ring (bicyclic) bond motifs is 1. The zero-order chi connectivity index (χ0) is 34.7. The van der Waals surface area contributed by atoms with Gasteiger partial charge in [-0.1, -0.05) is 36.4 Å². The van der Waals surface area contributed by atoms with Crippen LogP contribution < -0.4 is 9.47 Å². The van der Waals surface area contributed by atoms with Crippen molar-refractivity contribution in [1.82, 2.24) is 24.3 Å². The summed E-state index contributed by atoms with van der Waals surface area (Å²) in [6.07, 6.45) is 4.81. The van der Waals surface area contributed by atoms with Crippen LogP contribution in [-0.4, -0.2) is 83.0 Å². The number of hydrogen-bond acceptors (Lipinski definition) is 7. The number of imidazole rings is 1. The number of aromatic nitrogens is 3. The van der Waals surface area contributed by atoms with E-state index < -0.39 is 0 Å². The number of carbonyl (C=O) groups excluding carboxylic acids is 2. The third kappa shape index (κ3) is 6.72. The molecular formula is C40H42FN5O4. The fraction of sp³-hybridized carbons (Fsp3) is 0.350. The minimum atomic E-state index is -0.287. The van der Waals surface area contributed by atoms with E-state index >= 15 is 0 Å². The molecule has 2 aromatic heterocycles. The molecule has 2 aliphatic rings. The summed E-state index contributed by atoms with van der Waals surface area (Å²) in [6, 6.07) is 25.7. The maximum atomic E-state index is 14.0. The van der Waals surface area contributed by atoms with E-state index in [1.54, 1.807) is 38.6 Å². The highest BCUT2D eigenvalue weighted by molar-refractivity contribution is 5.98. The van der Waals surface area contributed by atoms with Gasteiger partial charge in [-0.15, -0.1) is 0 Å². The Morgan fingerprint density at radius 3 is 2.40 bits per heavy atom. The zero-order valence-electron chi connectivity index (χ0n) is 28.6. The number of likely N-dealkylation sites (tertiary alicyclic amines) is 2. The first-order valence-corrected chi connectivity index (χ1v) is 17.3. The molecule has 4 heterocycles. The number of piperidine rings is 1. The van der Waals surface area contributed by atoms with E-state index in [1.807, 2.05) is 51.9 Å². The van der Waals surface area contributed by atoms with Crippen LogP contribution in [0.15, 0.2) is 91.1 Å². The molecule has 0 radical (unpaired) electrons. The lowest BCUT2D eigenvalue weighted by atomic mass is 9.76. The van der Waals surface area contributed by atoms with Crippen molar-refractivity contribution in [3.05, 3.63) is 120 Å². The Bertz CT molecular complexity index is 1970. The van der Waals surface area contributed by atoms with Crippen molar-refractivity contribution < 1.29 is 23.5 Å². The molecule has 0 spiro atoms. The molecule has 5 aromatic rings. The molecule has 1 atom stereocenters. The third-order valence-corrected chi connectivity index (χ3v) is 10.5. The second kappa shape index (κ2) is 14.4. The van der Waals surface area contributed by atoms with E-state index in [0.717, 1.165) is 67.5 Å². The number of carbonyl (C=O) groups is 2. The summed E-state index contributed by atoms with van der Waals surface area (Å²) in [7, 11) is 3.27. The van der Waals surface area contributed by atoms with Gasteiger partial charge in [-0.25, -0.2) is 9.37 Å². The molecule has 2 fully saturated rings. The Morgan fingerprint density at radius 2 is 1.66 bits per heavy atom. The maximum absolute atomic E-state index is 14.0. The van der Waals surface area contributed by atoms with Crippen molar-refractivity contribution in [3.8, 4) is 11.5 Å². The number of methoxy groups -OCH3 is 2. The first-order chi connectivity index (χ1) is 24.4. The number of halogens is 1. The van der Waals surface area contributed by atoms with Gasteiger partial charge < -0.3 is 23.8 Å². The molecule has 2 aliphatic heterocycles. The zero-order valence-corrected chi connectivity index (χ0v) is 28.6. The van der Waals surface area contributed by atoms with E-state index in [9.17, 15) is 14.0 Å². The minimum Gasteiger partial charge on any atom is -0.493 e. The van der Waals surface area contributed by atoms with Gasteiger partial charge in [-0.3, -0.25) is 14.6 Å². The predicted molar refractivity (Wildman–Crippen MR) is 189 cm³/mol. The number of Topliss-reactive ketones (excluding diaryl/α,β-unsaturated/α-hetero) is 1. The van der Waals surface area contributed by atoms with Crippen LogP contribution in [0.1, 0.15) is 57.9 Å². The normalized spacial score (nSPS) is 18.4. The number of benzene rings is 3. The lowest BCUT2D eigenvalue weighted by Gasteiger charge is -2.36. The van der Waals surface area contributed by atoms with Crippen molar-refractivity contribution in [2.24, 2.45) is 5.92 Å². The molecule has 258 valence electrons. The highest BCUT2D eigenvalue weighted by Gasteiger charge is 2.42. The van der Waals surface area contributed by atoms with Crippen molar-refractivity contribution in [2.75, 3.05) is 46.9 Å². The molecule has 0 saturated carbocycles. The summed E-state index contributed by atoms with van der Waals surface area (Å²) in [5.74, 6) is 1.39. The maximum Gasteiger partial charge on any atom is 0.272 e. The lowest BCUT2D eigenvalue weighted by Crippen LogP contribution is -2.41. The molecule has 1 unspecified atom stereocenters. The number of rotatable bonds is 11. The first kappa shape index (κ1) is 33.4. The summed E-state index contributed by atoms with van der Waals surface area (Å²) in [4.78, 5) is 41.0. The van der Waals surface area contributed by atoms with Gasteiger partial charge in [-0.2, -0.15) is 0 Å². The van der Waals surface area contributed by atoms with Crippen LogP contribution in [0.4, 0.5) is 4.39 Å². The molecule has 0 N–H and O–H groups in total. The van der Waals surface area contributed by atoms with E-state index in [4.69, 9.17) is 14.5 Å². The minimum absolute atomic E-state index is 0.0577. The largest absolute Gasteiger partial charge is 0.493 e. The van der Waals surface area contributed by atoms with Crippen molar-refractivity contribution in [3.63, 3.8) is 0 Å². The van der Waals surface area contributed by atoms with E-state index in [0.29, 0.717) is 42.7 Å². The van der Waals surface area contributed by atoms with Crippen molar-refractivity contribution in [2.45, 2.75) is 37.6 Å². The van der Waals surface area contributed by atoms with Crippen LogP contribution in [-0.2, 0) is 12.0 Å². The highest BCUT2D eigenvalue weighted by atomic mass is 19.1. The molecule has 10 heteroatoms. The van der Waals surface area contributed by atoms with E-state index in [-0.39, 0.29) is 28.8 Å². The van der Waals surface area contributed by atoms with E-state index in [2.05, 4.69) is 22.0 Å². The summed E-state index contributed by atoms with van der Waals surface area (Å²) in [5.41, 5.74) is 3.88. The molecular weight excluding hydrogens is 633 g/mol. The Labute approximate surface area is 291 Å². The molecule has 9 nitrogen and oxygen atoms in total. The van der Waals surface area contributed by atoms with Crippen LogP contribution in [0.25, 0.3) is 11.0 Å². The monoisotopic (exact) mass is 675 g/mol. The average Bonchev–Trinajstić information content (AvgIpc) is 3.77. The Kier molecular flexibility index (Phi) is 9.63.